The Hall–Kier alpha value is -1.21. The number of carbonyl (C=O) groups excluding carboxylic acids is 1. The number of hydrogen-bond donors (Lipinski definition) is 1. The fraction of sp³-hybridized carbons (Fsp3) is 0.643. The summed E-state index contributed by atoms with van der Waals surface area (Å²) in [6.07, 6.45) is 3.92. The van der Waals surface area contributed by atoms with E-state index in [-0.39, 0.29) is 6.79 Å². The van der Waals surface area contributed by atoms with E-state index >= 15 is 0 Å². The quantitative estimate of drug-likeness (QED) is 0.323. The lowest BCUT2D eigenvalue weighted by atomic mass is 10.1. The van der Waals surface area contributed by atoms with Crippen LogP contribution in [0, 0.1) is 0 Å². The first-order chi connectivity index (χ1) is 9.63. The van der Waals surface area contributed by atoms with Crippen molar-refractivity contribution in [3.8, 4) is 0 Å². The van der Waals surface area contributed by atoms with Gasteiger partial charge in [-0.1, -0.05) is 12.2 Å². The number of aliphatic hydroxyl groups is 1. The van der Waals surface area contributed by atoms with Crippen LogP contribution >= 0.6 is 0 Å². The smallest absolute Gasteiger partial charge is 0.330 e. The zero-order valence-electron chi connectivity index (χ0n) is 12.0. The van der Waals surface area contributed by atoms with Crippen LogP contribution in [-0.2, 0) is 23.7 Å². The minimum absolute atomic E-state index is 0.0391. The Labute approximate surface area is 119 Å². The van der Waals surface area contributed by atoms with Crippen molar-refractivity contribution in [2.75, 3.05) is 20.5 Å². The van der Waals surface area contributed by atoms with Crippen molar-refractivity contribution >= 4 is 5.97 Å². The van der Waals surface area contributed by atoms with E-state index in [1.165, 1.54) is 19.3 Å². The minimum atomic E-state index is -0.821. The summed E-state index contributed by atoms with van der Waals surface area (Å²) in [5.41, 5.74) is 0. The summed E-state index contributed by atoms with van der Waals surface area (Å²) in [5.74, 6) is -0.453. The van der Waals surface area contributed by atoms with Gasteiger partial charge in [-0.3, -0.25) is 0 Å². The fourth-order valence-corrected chi connectivity index (χ4v) is 1.93. The monoisotopic (exact) mass is 286 g/mol. The molecule has 1 saturated heterocycles. The van der Waals surface area contributed by atoms with Crippen LogP contribution in [0.2, 0.25) is 0 Å². The van der Waals surface area contributed by atoms with Gasteiger partial charge in [-0.25, -0.2) is 4.79 Å². The van der Waals surface area contributed by atoms with Gasteiger partial charge in [0.05, 0.1) is 6.61 Å². The largest absolute Gasteiger partial charge is 0.463 e. The second-order valence-corrected chi connectivity index (χ2v) is 4.23. The first-order valence-electron chi connectivity index (χ1n) is 6.55. The standard InChI is InChI=1S/C14H22O6/c1-4-6-10-13(16)14(19-9-17-3)11(20-10)7-8-12(15)18-5-2/h4,6-8,10-11,13-14,16H,5,9H2,1-3H3/b6-4+,8-7+/t10-,11+,13+,14+/m1/s1. The molecule has 0 aliphatic carbocycles. The number of methoxy groups -OCH3 is 1. The van der Waals surface area contributed by atoms with Crippen molar-refractivity contribution < 1.29 is 28.8 Å². The van der Waals surface area contributed by atoms with Crippen LogP contribution < -0.4 is 0 Å². The molecule has 1 N–H and O–H groups in total. The Morgan fingerprint density at radius 3 is 2.70 bits per heavy atom. The molecule has 20 heavy (non-hydrogen) atoms. The minimum Gasteiger partial charge on any atom is -0.463 e. The average molecular weight is 286 g/mol. The third-order valence-corrected chi connectivity index (χ3v) is 2.78. The van der Waals surface area contributed by atoms with Crippen LogP contribution in [0.4, 0.5) is 0 Å². The number of rotatable bonds is 7. The second-order valence-electron chi connectivity index (χ2n) is 4.23. The van der Waals surface area contributed by atoms with E-state index in [1.807, 2.05) is 6.92 Å². The predicted octanol–water partition coefficient (Wildman–Crippen LogP) is 0.799. The molecular weight excluding hydrogens is 264 g/mol. The Bertz CT molecular complexity index is 352. The van der Waals surface area contributed by atoms with Gasteiger partial charge in [-0.15, -0.1) is 0 Å². The van der Waals surface area contributed by atoms with Gasteiger partial charge in [-0.2, -0.15) is 0 Å². The zero-order chi connectivity index (χ0) is 15.0. The van der Waals surface area contributed by atoms with Gasteiger partial charge >= 0.3 is 5.97 Å². The zero-order valence-corrected chi connectivity index (χ0v) is 12.0. The lowest BCUT2D eigenvalue weighted by molar-refractivity contribution is -0.137. The molecule has 1 fully saturated rings. The van der Waals surface area contributed by atoms with Crippen molar-refractivity contribution in [2.24, 2.45) is 0 Å². The molecule has 0 aromatic heterocycles. The van der Waals surface area contributed by atoms with Gasteiger partial charge in [0.1, 0.15) is 31.2 Å². The van der Waals surface area contributed by atoms with Gasteiger partial charge in [0.15, 0.2) is 0 Å². The molecule has 0 bridgehead atoms. The van der Waals surface area contributed by atoms with Crippen LogP contribution in [0.25, 0.3) is 0 Å². The van der Waals surface area contributed by atoms with E-state index in [0.29, 0.717) is 6.61 Å². The van der Waals surface area contributed by atoms with Crippen molar-refractivity contribution in [1.29, 1.82) is 0 Å². The van der Waals surface area contributed by atoms with E-state index in [2.05, 4.69) is 0 Å². The number of carbonyl (C=O) groups is 1. The molecule has 1 rings (SSSR count). The van der Waals surface area contributed by atoms with Gasteiger partial charge in [-0.05, 0) is 19.9 Å². The number of aliphatic hydroxyl groups excluding tert-OH is 1. The summed E-state index contributed by atoms with van der Waals surface area (Å²) < 4.78 is 20.7. The lowest BCUT2D eigenvalue weighted by Gasteiger charge is -2.18. The van der Waals surface area contributed by atoms with E-state index in [9.17, 15) is 9.90 Å². The predicted molar refractivity (Wildman–Crippen MR) is 72.0 cm³/mol. The number of hydrogen-bond acceptors (Lipinski definition) is 6. The average Bonchev–Trinajstić information content (AvgIpc) is 2.72. The molecule has 1 heterocycles. The topological polar surface area (TPSA) is 74.2 Å². The third kappa shape index (κ3) is 4.72. The van der Waals surface area contributed by atoms with Crippen LogP contribution in [0.5, 0.6) is 0 Å². The van der Waals surface area contributed by atoms with Crippen molar-refractivity contribution in [3.05, 3.63) is 24.3 Å². The van der Waals surface area contributed by atoms with Crippen molar-refractivity contribution in [2.45, 2.75) is 38.3 Å². The number of ether oxygens (including phenoxy) is 4. The van der Waals surface area contributed by atoms with Gasteiger partial charge < -0.3 is 24.1 Å². The summed E-state index contributed by atoms with van der Waals surface area (Å²) >= 11 is 0. The van der Waals surface area contributed by atoms with Crippen LogP contribution in [0.1, 0.15) is 13.8 Å². The molecule has 6 heteroatoms. The molecule has 0 spiro atoms. The summed E-state index contributed by atoms with van der Waals surface area (Å²) in [7, 11) is 1.50. The molecule has 1 aliphatic heterocycles. The van der Waals surface area contributed by atoms with Crippen LogP contribution in [0.15, 0.2) is 24.3 Å². The Morgan fingerprint density at radius 2 is 2.10 bits per heavy atom. The fourth-order valence-electron chi connectivity index (χ4n) is 1.93. The number of esters is 1. The summed E-state index contributed by atoms with van der Waals surface area (Å²) in [6.45, 7) is 3.91. The molecule has 114 valence electrons. The molecule has 6 nitrogen and oxygen atoms in total. The van der Waals surface area contributed by atoms with E-state index in [0.717, 1.165) is 0 Å². The maximum absolute atomic E-state index is 11.3. The Balaban J connectivity index is 2.71. The highest BCUT2D eigenvalue weighted by Gasteiger charge is 2.42. The van der Waals surface area contributed by atoms with E-state index in [1.54, 1.807) is 19.1 Å². The highest BCUT2D eigenvalue weighted by molar-refractivity contribution is 5.81. The summed E-state index contributed by atoms with van der Waals surface area (Å²) in [4.78, 5) is 11.3. The molecule has 0 unspecified atom stereocenters. The normalized spacial score (nSPS) is 30.4. The first-order valence-corrected chi connectivity index (χ1v) is 6.55. The molecule has 4 atom stereocenters. The van der Waals surface area contributed by atoms with Gasteiger partial charge in [0.2, 0.25) is 0 Å². The Morgan fingerprint density at radius 1 is 1.35 bits per heavy atom. The van der Waals surface area contributed by atoms with E-state index < -0.39 is 30.4 Å². The summed E-state index contributed by atoms with van der Waals surface area (Å²) in [5, 5.41) is 10.1. The summed E-state index contributed by atoms with van der Waals surface area (Å²) in [6, 6.07) is 0. The SMILES string of the molecule is C/C=C/[C@H]1O[C@@H](/C=C/C(=O)OCC)[C@H](OCOC)[C@H]1O. The maximum atomic E-state index is 11.3. The molecule has 0 aromatic rings. The van der Waals surface area contributed by atoms with Crippen LogP contribution in [0.3, 0.4) is 0 Å². The van der Waals surface area contributed by atoms with Gasteiger partial charge in [0, 0.05) is 13.2 Å². The Kier molecular flexibility index (Phi) is 7.46. The molecule has 0 saturated carbocycles. The van der Waals surface area contributed by atoms with Gasteiger partial charge in [0.25, 0.3) is 0 Å². The molecule has 0 radical (unpaired) electrons. The van der Waals surface area contributed by atoms with E-state index in [4.69, 9.17) is 18.9 Å². The third-order valence-electron chi connectivity index (χ3n) is 2.78. The highest BCUT2D eigenvalue weighted by atomic mass is 16.7. The van der Waals surface area contributed by atoms with Crippen LogP contribution in [-0.4, -0.2) is 56.0 Å². The molecule has 0 aromatic carbocycles. The molecule has 0 amide bonds. The van der Waals surface area contributed by atoms with Crippen molar-refractivity contribution in [1.82, 2.24) is 0 Å². The first kappa shape index (κ1) is 16.8. The van der Waals surface area contributed by atoms with Crippen molar-refractivity contribution in [3.63, 3.8) is 0 Å². The second kappa shape index (κ2) is 8.86. The molecular formula is C14H22O6. The number of allylic oxidation sites excluding steroid dienone is 1. The highest BCUT2D eigenvalue weighted by Crippen LogP contribution is 2.26. The lowest BCUT2D eigenvalue weighted by Crippen LogP contribution is -2.34. The maximum Gasteiger partial charge on any atom is 0.330 e. The molecule has 1 aliphatic rings.